The Kier molecular flexibility index (Phi) is 3.94. The molecule has 2 aromatic heterocycles. The molecular formula is C15H13ClN4O. The Bertz CT molecular complexity index is 739. The molecule has 0 fully saturated rings. The summed E-state index contributed by atoms with van der Waals surface area (Å²) in [7, 11) is 0. The van der Waals surface area contributed by atoms with Crippen molar-refractivity contribution in [2.45, 2.75) is 13.0 Å². The van der Waals surface area contributed by atoms with Crippen molar-refractivity contribution in [3.63, 3.8) is 0 Å². The molecule has 0 aliphatic rings. The Morgan fingerprint density at radius 3 is 2.71 bits per heavy atom. The summed E-state index contributed by atoms with van der Waals surface area (Å²) in [6, 6.07) is 11.3. The second kappa shape index (κ2) is 6.03. The molecule has 3 aromatic rings. The number of pyridine rings is 1. The van der Waals surface area contributed by atoms with Crippen LogP contribution >= 0.6 is 11.6 Å². The van der Waals surface area contributed by atoms with Crippen LogP contribution in [0.4, 0.5) is 0 Å². The molecule has 0 aliphatic carbocycles. The van der Waals surface area contributed by atoms with Gasteiger partial charge in [-0.25, -0.2) is 0 Å². The van der Waals surface area contributed by atoms with E-state index in [4.69, 9.17) is 21.9 Å². The standard InChI is InChI=1S/C15H13ClN4O/c16-12-4-2-1-3-11(12)7-14-19-15(21-20-14)13-6-5-10(8-17)9-18-13/h1-6,9H,7-8,17H2. The Labute approximate surface area is 126 Å². The molecule has 21 heavy (non-hydrogen) atoms. The molecule has 0 spiro atoms. The molecular weight excluding hydrogens is 288 g/mol. The van der Waals surface area contributed by atoms with Gasteiger partial charge in [-0.15, -0.1) is 0 Å². The molecule has 0 saturated carbocycles. The SMILES string of the molecule is NCc1ccc(-c2nc(Cc3ccccc3Cl)no2)nc1. The lowest BCUT2D eigenvalue weighted by Crippen LogP contribution is -1.97. The maximum Gasteiger partial charge on any atom is 0.276 e. The first kappa shape index (κ1) is 13.7. The molecule has 2 N–H and O–H groups in total. The first-order valence-corrected chi connectivity index (χ1v) is 6.85. The minimum absolute atomic E-state index is 0.389. The van der Waals surface area contributed by atoms with Gasteiger partial charge in [0.25, 0.3) is 5.89 Å². The van der Waals surface area contributed by atoms with Crippen molar-refractivity contribution in [2.24, 2.45) is 5.73 Å². The van der Waals surface area contributed by atoms with Crippen LogP contribution in [0.1, 0.15) is 17.0 Å². The smallest absolute Gasteiger partial charge is 0.276 e. The van der Waals surface area contributed by atoms with Crippen LogP contribution < -0.4 is 5.73 Å². The van der Waals surface area contributed by atoms with E-state index in [0.717, 1.165) is 11.1 Å². The molecule has 0 bridgehead atoms. The van der Waals surface area contributed by atoms with E-state index in [1.165, 1.54) is 0 Å². The zero-order valence-electron chi connectivity index (χ0n) is 11.2. The summed E-state index contributed by atoms with van der Waals surface area (Å²) >= 11 is 6.12. The van der Waals surface area contributed by atoms with Crippen LogP contribution in [0.5, 0.6) is 0 Å². The van der Waals surface area contributed by atoms with E-state index in [0.29, 0.717) is 35.4 Å². The molecule has 106 valence electrons. The van der Waals surface area contributed by atoms with Crippen LogP contribution in [0.15, 0.2) is 47.1 Å². The Balaban J connectivity index is 1.81. The van der Waals surface area contributed by atoms with Crippen LogP contribution in [0.25, 0.3) is 11.6 Å². The molecule has 0 atom stereocenters. The lowest BCUT2D eigenvalue weighted by atomic mass is 10.1. The van der Waals surface area contributed by atoms with Gasteiger partial charge in [-0.3, -0.25) is 4.98 Å². The van der Waals surface area contributed by atoms with Crippen molar-refractivity contribution < 1.29 is 4.52 Å². The lowest BCUT2D eigenvalue weighted by Gasteiger charge is -1.99. The summed E-state index contributed by atoms with van der Waals surface area (Å²) in [6.45, 7) is 0.453. The Morgan fingerprint density at radius 2 is 2.00 bits per heavy atom. The first-order valence-electron chi connectivity index (χ1n) is 6.47. The third-order valence-electron chi connectivity index (χ3n) is 3.05. The summed E-state index contributed by atoms with van der Waals surface area (Å²) in [5.41, 5.74) is 8.08. The number of nitrogens with two attached hydrogens (primary N) is 1. The van der Waals surface area contributed by atoms with Crippen molar-refractivity contribution in [1.82, 2.24) is 15.1 Å². The summed E-state index contributed by atoms with van der Waals surface area (Å²) in [5.74, 6) is 0.962. The fourth-order valence-electron chi connectivity index (χ4n) is 1.91. The highest BCUT2D eigenvalue weighted by Crippen LogP contribution is 2.20. The van der Waals surface area contributed by atoms with Crippen molar-refractivity contribution in [2.75, 3.05) is 0 Å². The van der Waals surface area contributed by atoms with Gasteiger partial charge in [0.2, 0.25) is 0 Å². The van der Waals surface area contributed by atoms with Gasteiger partial charge in [0.1, 0.15) is 5.69 Å². The van der Waals surface area contributed by atoms with E-state index in [1.54, 1.807) is 6.20 Å². The molecule has 0 radical (unpaired) electrons. The Hall–Kier alpha value is -2.24. The van der Waals surface area contributed by atoms with Crippen molar-refractivity contribution >= 4 is 11.6 Å². The van der Waals surface area contributed by atoms with Crippen LogP contribution in [-0.2, 0) is 13.0 Å². The van der Waals surface area contributed by atoms with Crippen molar-refractivity contribution in [3.05, 3.63) is 64.6 Å². The van der Waals surface area contributed by atoms with Crippen LogP contribution in [-0.4, -0.2) is 15.1 Å². The maximum absolute atomic E-state index is 6.12. The fourth-order valence-corrected chi connectivity index (χ4v) is 2.12. The molecule has 6 heteroatoms. The van der Waals surface area contributed by atoms with Gasteiger partial charge in [-0.2, -0.15) is 4.98 Å². The van der Waals surface area contributed by atoms with Crippen LogP contribution in [0, 0.1) is 0 Å². The number of benzene rings is 1. The molecule has 0 saturated heterocycles. The maximum atomic E-state index is 6.12. The lowest BCUT2D eigenvalue weighted by molar-refractivity contribution is 0.422. The molecule has 0 amide bonds. The van der Waals surface area contributed by atoms with Gasteiger partial charge < -0.3 is 10.3 Å². The summed E-state index contributed by atoms with van der Waals surface area (Å²) in [5, 5.41) is 4.65. The molecule has 0 unspecified atom stereocenters. The quantitative estimate of drug-likeness (QED) is 0.801. The molecule has 0 aliphatic heterocycles. The number of rotatable bonds is 4. The van der Waals surface area contributed by atoms with Gasteiger partial charge >= 0.3 is 0 Å². The second-order valence-corrected chi connectivity index (χ2v) is 4.95. The minimum Gasteiger partial charge on any atom is -0.332 e. The number of hydrogen-bond acceptors (Lipinski definition) is 5. The van der Waals surface area contributed by atoms with E-state index in [2.05, 4.69) is 15.1 Å². The van der Waals surface area contributed by atoms with Crippen LogP contribution in [0.3, 0.4) is 0 Å². The van der Waals surface area contributed by atoms with E-state index >= 15 is 0 Å². The monoisotopic (exact) mass is 300 g/mol. The number of hydrogen-bond donors (Lipinski definition) is 1. The fraction of sp³-hybridized carbons (Fsp3) is 0.133. The van der Waals surface area contributed by atoms with Gasteiger partial charge in [-0.05, 0) is 23.3 Å². The van der Waals surface area contributed by atoms with Gasteiger partial charge in [0, 0.05) is 24.2 Å². The predicted octanol–water partition coefficient (Wildman–Crippen LogP) is 2.83. The number of nitrogens with zero attached hydrogens (tertiary/aromatic N) is 3. The third-order valence-corrected chi connectivity index (χ3v) is 3.42. The van der Waals surface area contributed by atoms with Gasteiger partial charge in [0.05, 0.1) is 0 Å². The zero-order chi connectivity index (χ0) is 14.7. The largest absolute Gasteiger partial charge is 0.332 e. The van der Waals surface area contributed by atoms with Gasteiger partial charge in [0.15, 0.2) is 5.82 Å². The molecule has 2 heterocycles. The van der Waals surface area contributed by atoms with Gasteiger partial charge in [-0.1, -0.05) is 41.0 Å². The van der Waals surface area contributed by atoms with E-state index < -0.39 is 0 Å². The highest BCUT2D eigenvalue weighted by atomic mass is 35.5. The zero-order valence-corrected chi connectivity index (χ0v) is 11.9. The average molecular weight is 301 g/mol. The second-order valence-electron chi connectivity index (χ2n) is 4.54. The predicted molar refractivity (Wildman–Crippen MR) is 79.7 cm³/mol. The molecule has 1 aromatic carbocycles. The highest BCUT2D eigenvalue weighted by molar-refractivity contribution is 6.31. The highest BCUT2D eigenvalue weighted by Gasteiger charge is 2.11. The molecule has 3 rings (SSSR count). The number of aromatic nitrogens is 3. The van der Waals surface area contributed by atoms with Crippen molar-refractivity contribution in [1.29, 1.82) is 0 Å². The van der Waals surface area contributed by atoms with E-state index in [-0.39, 0.29) is 0 Å². The normalized spacial score (nSPS) is 10.8. The van der Waals surface area contributed by atoms with Crippen LogP contribution in [0.2, 0.25) is 5.02 Å². The summed E-state index contributed by atoms with van der Waals surface area (Å²) < 4.78 is 5.24. The Morgan fingerprint density at radius 1 is 1.14 bits per heavy atom. The molecule has 5 nitrogen and oxygen atoms in total. The third kappa shape index (κ3) is 3.09. The summed E-state index contributed by atoms with van der Waals surface area (Å²) in [4.78, 5) is 8.60. The summed E-state index contributed by atoms with van der Waals surface area (Å²) in [6.07, 6.45) is 2.22. The number of halogens is 1. The topological polar surface area (TPSA) is 77.8 Å². The van der Waals surface area contributed by atoms with E-state index in [1.807, 2.05) is 36.4 Å². The minimum atomic E-state index is 0.389. The first-order chi connectivity index (χ1) is 10.3. The van der Waals surface area contributed by atoms with Crippen molar-refractivity contribution in [3.8, 4) is 11.6 Å². The average Bonchev–Trinajstić information content (AvgIpc) is 2.98. The van der Waals surface area contributed by atoms with E-state index in [9.17, 15) is 0 Å².